The van der Waals surface area contributed by atoms with Crippen molar-refractivity contribution in [1.82, 2.24) is 4.98 Å². The zero-order chi connectivity index (χ0) is 17.5. The fourth-order valence-corrected chi connectivity index (χ4v) is 2.34. The second-order valence-electron chi connectivity index (χ2n) is 5.32. The van der Waals surface area contributed by atoms with E-state index in [9.17, 15) is 15.3 Å². The third kappa shape index (κ3) is 3.62. The molecule has 0 spiro atoms. The maximum absolute atomic E-state index is 11.9. The van der Waals surface area contributed by atoms with E-state index in [1.54, 1.807) is 12.1 Å². The molecule has 1 aromatic carbocycles. The summed E-state index contributed by atoms with van der Waals surface area (Å²) in [7, 11) is 0. The standard InChI is InChI=1S/C18H18N4O2/c1-2-3-8-24-11-12-4-6-13(7-5-12)16-14(9-19)17(21)22-18(23)15(16)10-20/h4-7H,2-3,8,11H2,1H3,(H3,21,22,23). The number of hydrogen-bond acceptors (Lipinski definition) is 5. The Hall–Kier alpha value is -3.09. The smallest absolute Gasteiger partial charge is 0.268 e. The van der Waals surface area contributed by atoms with Crippen LogP contribution in [0.5, 0.6) is 0 Å². The lowest BCUT2D eigenvalue weighted by Crippen LogP contribution is -2.16. The van der Waals surface area contributed by atoms with Gasteiger partial charge >= 0.3 is 0 Å². The molecule has 0 aliphatic rings. The number of nitrogens with two attached hydrogens (primary N) is 1. The van der Waals surface area contributed by atoms with Crippen LogP contribution in [0.15, 0.2) is 29.1 Å². The number of unbranched alkanes of at least 4 members (excludes halogenated alkanes) is 1. The average molecular weight is 322 g/mol. The normalized spacial score (nSPS) is 10.1. The molecule has 0 bridgehead atoms. The van der Waals surface area contributed by atoms with Gasteiger partial charge in [0.15, 0.2) is 0 Å². The van der Waals surface area contributed by atoms with Crippen molar-refractivity contribution in [1.29, 1.82) is 10.5 Å². The fraction of sp³-hybridized carbons (Fsp3) is 0.278. The Morgan fingerprint density at radius 2 is 1.83 bits per heavy atom. The molecule has 1 heterocycles. The number of nitriles is 2. The number of benzene rings is 1. The third-order valence-electron chi connectivity index (χ3n) is 3.62. The Balaban J connectivity index is 2.38. The summed E-state index contributed by atoms with van der Waals surface area (Å²) in [5.74, 6) is -0.0384. The van der Waals surface area contributed by atoms with Crippen LogP contribution in [0.2, 0.25) is 0 Å². The van der Waals surface area contributed by atoms with Crippen molar-refractivity contribution in [2.45, 2.75) is 26.4 Å². The van der Waals surface area contributed by atoms with Crippen molar-refractivity contribution in [3.63, 3.8) is 0 Å². The van der Waals surface area contributed by atoms with E-state index in [1.165, 1.54) is 0 Å². The number of H-pyrrole nitrogens is 1. The summed E-state index contributed by atoms with van der Waals surface area (Å²) in [6.45, 7) is 3.30. The van der Waals surface area contributed by atoms with E-state index < -0.39 is 5.56 Å². The molecule has 0 fully saturated rings. The number of nitrogens with one attached hydrogen (secondary N) is 1. The molecule has 3 N–H and O–H groups in total. The maximum Gasteiger partial charge on any atom is 0.268 e. The lowest BCUT2D eigenvalue weighted by molar-refractivity contribution is 0.118. The molecule has 0 unspecified atom stereocenters. The number of aromatic nitrogens is 1. The van der Waals surface area contributed by atoms with Gasteiger partial charge < -0.3 is 15.5 Å². The molecule has 2 rings (SSSR count). The quantitative estimate of drug-likeness (QED) is 0.793. The highest BCUT2D eigenvalue weighted by Crippen LogP contribution is 2.28. The van der Waals surface area contributed by atoms with Gasteiger partial charge in [-0.3, -0.25) is 4.79 Å². The summed E-state index contributed by atoms with van der Waals surface area (Å²) in [4.78, 5) is 14.2. The van der Waals surface area contributed by atoms with Gasteiger partial charge in [0.25, 0.3) is 5.56 Å². The van der Waals surface area contributed by atoms with E-state index in [0.717, 1.165) is 18.4 Å². The van der Waals surface area contributed by atoms with Gasteiger partial charge in [-0.15, -0.1) is 0 Å². The van der Waals surface area contributed by atoms with Gasteiger partial charge in [0.05, 0.1) is 6.61 Å². The molecule has 0 saturated heterocycles. The molecule has 24 heavy (non-hydrogen) atoms. The molecule has 0 amide bonds. The highest BCUT2D eigenvalue weighted by molar-refractivity contribution is 5.80. The largest absolute Gasteiger partial charge is 0.384 e. The highest BCUT2D eigenvalue weighted by Gasteiger charge is 2.17. The van der Waals surface area contributed by atoms with Crippen molar-refractivity contribution >= 4 is 5.82 Å². The predicted molar refractivity (Wildman–Crippen MR) is 90.9 cm³/mol. The first-order valence-corrected chi connectivity index (χ1v) is 7.65. The van der Waals surface area contributed by atoms with E-state index in [2.05, 4.69) is 11.9 Å². The first kappa shape index (κ1) is 17.3. The number of pyridine rings is 1. The summed E-state index contributed by atoms with van der Waals surface area (Å²) in [6.07, 6.45) is 2.10. The summed E-state index contributed by atoms with van der Waals surface area (Å²) < 4.78 is 5.55. The maximum atomic E-state index is 11.9. The van der Waals surface area contributed by atoms with Crippen LogP contribution >= 0.6 is 0 Å². The monoisotopic (exact) mass is 322 g/mol. The number of rotatable bonds is 6. The van der Waals surface area contributed by atoms with E-state index in [-0.39, 0.29) is 22.5 Å². The molecule has 0 saturated carbocycles. The highest BCUT2D eigenvalue weighted by atomic mass is 16.5. The first-order chi connectivity index (χ1) is 11.6. The van der Waals surface area contributed by atoms with Gasteiger partial charge in [0.2, 0.25) is 0 Å². The lowest BCUT2D eigenvalue weighted by atomic mass is 9.96. The molecular weight excluding hydrogens is 304 g/mol. The van der Waals surface area contributed by atoms with Crippen LogP contribution in [0.1, 0.15) is 36.5 Å². The topological polar surface area (TPSA) is 116 Å². The molecule has 0 radical (unpaired) electrons. The van der Waals surface area contributed by atoms with Crippen LogP contribution in [0, 0.1) is 22.7 Å². The van der Waals surface area contributed by atoms with E-state index in [1.807, 2.05) is 24.3 Å². The minimum absolute atomic E-state index is 0.0384. The molecule has 0 aliphatic carbocycles. The Labute approximate surface area is 140 Å². The molecule has 0 atom stereocenters. The molecule has 1 aromatic heterocycles. The number of ether oxygens (including phenoxy) is 1. The van der Waals surface area contributed by atoms with Crippen LogP contribution in [0.25, 0.3) is 11.1 Å². The summed E-state index contributed by atoms with van der Waals surface area (Å²) in [6, 6.07) is 11.0. The number of nitrogens with zero attached hydrogens (tertiary/aromatic N) is 2. The van der Waals surface area contributed by atoms with Gasteiger partial charge in [-0.25, -0.2) is 0 Å². The Morgan fingerprint density at radius 3 is 2.42 bits per heavy atom. The predicted octanol–water partition coefficient (Wildman–Crippen LogP) is 2.68. The van der Waals surface area contributed by atoms with Gasteiger partial charge in [-0.2, -0.15) is 10.5 Å². The van der Waals surface area contributed by atoms with E-state index >= 15 is 0 Å². The Morgan fingerprint density at radius 1 is 1.17 bits per heavy atom. The van der Waals surface area contributed by atoms with Crippen molar-refractivity contribution < 1.29 is 4.74 Å². The van der Waals surface area contributed by atoms with Crippen molar-refractivity contribution in [2.24, 2.45) is 0 Å². The van der Waals surface area contributed by atoms with Gasteiger partial charge in [-0.1, -0.05) is 37.6 Å². The van der Waals surface area contributed by atoms with Crippen LogP contribution in [0.4, 0.5) is 5.82 Å². The third-order valence-corrected chi connectivity index (χ3v) is 3.62. The number of anilines is 1. The summed E-state index contributed by atoms with van der Waals surface area (Å²) in [5, 5.41) is 18.6. The van der Waals surface area contributed by atoms with E-state index in [0.29, 0.717) is 18.8 Å². The molecule has 122 valence electrons. The van der Waals surface area contributed by atoms with Gasteiger partial charge in [0.1, 0.15) is 29.1 Å². The second-order valence-corrected chi connectivity index (χ2v) is 5.32. The SMILES string of the molecule is CCCCOCc1ccc(-c2c(C#N)c(N)[nH]c(=O)c2C#N)cc1. The van der Waals surface area contributed by atoms with Crippen molar-refractivity contribution in [3.8, 4) is 23.3 Å². The lowest BCUT2D eigenvalue weighted by Gasteiger charge is -2.10. The molecule has 6 heteroatoms. The van der Waals surface area contributed by atoms with Crippen LogP contribution in [-0.4, -0.2) is 11.6 Å². The Kier molecular flexibility index (Phi) is 5.73. The fourth-order valence-electron chi connectivity index (χ4n) is 2.34. The summed E-state index contributed by atoms with van der Waals surface area (Å²) in [5.41, 5.74) is 6.92. The molecular formula is C18H18N4O2. The molecule has 2 aromatic rings. The molecule has 0 aliphatic heterocycles. The number of hydrogen-bond donors (Lipinski definition) is 2. The van der Waals surface area contributed by atoms with E-state index in [4.69, 9.17) is 10.5 Å². The first-order valence-electron chi connectivity index (χ1n) is 7.65. The number of nitrogen functional groups attached to an aromatic ring is 1. The van der Waals surface area contributed by atoms with Crippen LogP contribution in [-0.2, 0) is 11.3 Å². The zero-order valence-electron chi connectivity index (χ0n) is 13.4. The summed E-state index contributed by atoms with van der Waals surface area (Å²) >= 11 is 0. The van der Waals surface area contributed by atoms with Crippen molar-refractivity contribution in [3.05, 3.63) is 51.3 Å². The van der Waals surface area contributed by atoms with Crippen LogP contribution in [0.3, 0.4) is 0 Å². The van der Waals surface area contributed by atoms with Crippen LogP contribution < -0.4 is 11.3 Å². The minimum Gasteiger partial charge on any atom is -0.384 e. The number of aromatic amines is 1. The minimum atomic E-state index is -0.601. The molecule has 6 nitrogen and oxygen atoms in total. The zero-order valence-corrected chi connectivity index (χ0v) is 13.4. The second kappa shape index (κ2) is 7.96. The van der Waals surface area contributed by atoms with Gasteiger partial charge in [0, 0.05) is 12.2 Å². The average Bonchev–Trinajstić information content (AvgIpc) is 2.59. The Bertz CT molecular complexity index is 855. The van der Waals surface area contributed by atoms with Gasteiger partial charge in [-0.05, 0) is 17.5 Å². The van der Waals surface area contributed by atoms with Crippen molar-refractivity contribution in [2.75, 3.05) is 12.3 Å².